The van der Waals surface area contributed by atoms with Crippen LogP contribution in [-0.2, 0) is 0 Å². The summed E-state index contributed by atoms with van der Waals surface area (Å²) in [6, 6.07) is 22.1. The van der Waals surface area contributed by atoms with Crippen LogP contribution in [0.1, 0.15) is 5.56 Å². The Kier molecular flexibility index (Phi) is 6.73. The third kappa shape index (κ3) is 5.03. The van der Waals surface area contributed by atoms with Gasteiger partial charge in [0.1, 0.15) is 11.8 Å². The van der Waals surface area contributed by atoms with Crippen LogP contribution in [0.3, 0.4) is 0 Å². The van der Waals surface area contributed by atoms with Crippen molar-refractivity contribution in [2.24, 2.45) is 5.10 Å². The van der Waals surface area contributed by atoms with Crippen LogP contribution in [0.25, 0.3) is 33.5 Å². The lowest BCUT2D eigenvalue weighted by atomic mass is 10.2. The van der Waals surface area contributed by atoms with Gasteiger partial charge in [0.25, 0.3) is 11.2 Å². The van der Waals surface area contributed by atoms with Gasteiger partial charge in [0.05, 0.1) is 29.2 Å². The van der Waals surface area contributed by atoms with E-state index in [1.165, 1.54) is 30.1 Å². The molecule has 12 heteroatoms. The average Bonchev–Trinajstić information content (AvgIpc) is 3.40. The van der Waals surface area contributed by atoms with E-state index in [9.17, 15) is 14.9 Å². The SMILES string of the molecule is COc1cccc(C=Nn2c(-c3cc4cc(Br)ccc4o3)nc3ccccc3c2=O)c1Oc1ccc([N+](=O)[O-])cn1. The minimum atomic E-state index is -0.550. The maximum atomic E-state index is 13.6. The summed E-state index contributed by atoms with van der Waals surface area (Å²) in [5.41, 5.74) is 0.998. The summed E-state index contributed by atoms with van der Waals surface area (Å²) in [5, 5.41) is 16.7. The topological polar surface area (TPSA) is 135 Å². The number of benzene rings is 3. The van der Waals surface area contributed by atoms with E-state index in [1.54, 1.807) is 48.5 Å². The van der Waals surface area contributed by atoms with Crippen molar-refractivity contribution in [3.05, 3.63) is 116 Å². The van der Waals surface area contributed by atoms with E-state index in [4.69, 9.17) is 18.9 Å². The largest absolute Gasteiger partial charge is 0.493 e. The van der Waals surface area contributed by atoms with Gasteiger partial charge in [0.15, 0.2) is 17.3 Å². The summed E-state index contributed by atoms with van der Waals surface area (Å²) >= 11 is 3.47. The molecule has 0 fully saturated rings. The van der Waals surface area contributed by atoms with Gasteiger partial charge in [-0.2, -0.15) is 9.78 Å². The quantitative estimate of drug-likeness (QED) is 0.112. The molecule has 0 aliphatic rings. The summed E-state index contributed by atoms with van der Waals surface area (Å²) in [7, 11) is 1.47. The molecule has 3 heterocycles. The molecule has 6 aromatic rings. The van der Waals surface area contributed by atoms with Crippen LogP contribution in [0.4, 0.5) is 5.69 Å². The number of para-hydroxylation sites is 2. The highest BCUT2D eigenvalue weighted by molar-refractivity contribution is 9.10. The molecule has 0 amide bonds. The molecule has 0 saturated heterocycles. The van der Waals surface area contributed by atoms with Crippen molar-refractivity contribution < 1.29 is 18.8 Å². The highest BCUT2D eigenvalue weighted by atomic mass is 79.9. The number of hydrogen-bond acceptors (Lipinski definition) is 9. The predicted molar refractivity (Wildman–Crippen MR) is 156 cm³/mol. The van der Waals surface area contributed by atoms with E-state index in [-0.39, 0.29) is 23.1 Å². The number of fused-ring (bicyclic) bond motifs is 2. The van der Waals surface area contributed by atoms with E-state index in [0.717, 1.165) is 16.1 Å². The summed E-state index contributed by atoms with van der Waals surface area (Å²) in [6.45, 7) is 0. The van der Waals surface area contributed by atoms with Crippen LogP contribution < -0.4 is 15.0 Å². The first kappa shape index (κ1) is 25.9. The standard InChI is InChI=1S/C29H18BrN5O6/c1-39-24-8-4-5-17(27(24)41-26-12-10-20(16-31-26)35(37)38)15-32-34-28(33-22-7-3-2-6-21(22)29(34)36)25-14-18-13-19(30)9-11-23(18)40-25/h2-16H,1H3. The Labute approximate surface area is 239 Å². The van der Waals surface area contributed by atoms with Gasteiger partial charge in [-0.15, -0.1) is 0 Å². The molecule has 0 aliphatic heterocycles. The van der Waals surface area contributed by atoms with Crippen molar-refractivity contribution in [3.8, 4) is 29.0 Å². The van der Waals surface area contributed by atoms with Crippen molar-refractivity contribution in [1.29, 1.82) is 0 Å². The van der Waals surface area contributed by atoms with Gasteiger partial charge in [0.2, 0.25) is 11.7 Å². The first-order valence-corrected chi connectivity index (χ1v) is 12.9. The monoisotopic (exact) mass is 611 g/mol. The van der Waals surface area contributed by atoms with Gasteiger partial charge in [-0.3, -0.25) is 14.9 Å². The predicted octanol–water partition coefficient (Wildman–Crippen LogP) is 6.56. The third-order valence-corrected chi connectivity index (χ3v) is 6.63. The van der Waals surface area contributed by atoms with Gasteiger partial charge in [-0.25, -0.2) is 9.97 Å². The molecule has 41 heavy (non-hydrogen) atoms. The zero-order valence-corrected chi connectivity index (χ0v) is 22.8. The fourth-order valence-electron chi connectivity index (χ4n) is 4.18. The number of nitro groups is 1. The van der Waals surface area contributed by atoms with Crippen molar-refractivity contribution in [1.82, 2.24) is 14.6 Å². The average molecular weight is 612 g/mol. The Morgan fingerprint density at radius 2 is 1.93 bits per heavy atom. The molecule has 0 bridgehead atoms. The smallest absolute Gasteiger partial charge is 0.287 e. The molecule has 6 rings (SSSR count). The minimum Gasteiger partial charge on any atom is -0.493 e. The Balaban J connectivity index is 1.47. The van der Waals surface area contributed by atoms with Crippen molar-refractivity contribution >= 4 is 49.7 Å². The number of hydrogen-bond donors (Lipinski definition) is 0. The first-order valence-electron chi connectivity index (χ1n) is 12.1. The molecular weight excluding hydrogens is 594 g/mol. The maximum absolute atomic E-state index is 13.6. The molecule has 0 N–H and O–H groups in total. The van der Waals surface area contributed by atoms with Gasteiger partial charge in [-0.05, 0) is 48.5 Å². The van der Waals surface area contributed by atoms with Gasteiger partial charge >= 0.3 is 0 Å². The zero-order chi connectivity index (χ0) is 28.5. The highest BCUT2D eigenvalue weighted by Gasteiger charge is 2.18. The second kappa shape index (κ2) is 10.7. The fraction of sp³-hybridized carbons (Fsp3) is 0.0345. The lowest BCUT2D eigenvalue weighted by molar-refractivity contribution is -0.385. The van der Waals surface area contributed by atoms with Gasteiger partial charge < -0.3 is 13.9 Å². The van der Waals surface area contributed by atoms with E-state index >= 15 is 0 Å². The number of aromatic nitrogens is 3. The summed E-state index contributed by atoms with van der Waals surface area (Å²) in [4.78, 5) is 32.8. The summed E-state index contributed by atoms with van der Waals surface area (Å²) < 4.78 is 19.5. The molecule has 0 spiro atoms. The number of rotatable bonds is 7. The number of nitrogens with zero attached hydrogens (tertiary/aromatic N) is 5. The van der Waals surface area contributed by atoms with Crippen LogP contribution in [-0.4, -0.2) is 32.9 Å². The van der Waals surface area contributed by atoms with Gasteiger partial charge in [-0.1, -0.05) is 34.1 Å². The molecular formula is C29H18BrN5O6. The minimum absolute atomic E-state index is 0.105. The maximum Gasteiger partial charge on any atom is 0.287 e. The lowest BCUT2D eigenvalue weighted by Crippen LogP contribution is -2.20. The van der Waals surface area contributed by atoms with Crippen molar-refractivity contribution in [2.45, 2.75) is 0 Å². The number of halogens is 1. The second-order valence-electron chi connectivity index (χ2n) is 8.70. The molecule has 0 atom stereocenters. The molecule has 0 saturated carbocycles. The van der Waals surface area contributed by atoms with Crippen LogP contribution in [0.5, 0.6) is 17.4 Å². The van der Waals surface area contributed by atoms with Crippen molar-refractivity contribution in [3.63, 3.8) is 0 Å². The van der Waals surface area contributed by atoms with E-state index in [1.807, 2.05) is 18.2 Å². The Bertz CT molecular complexity index is 2030. The lowest BCUT2D eigenvalue weighted by Gasteiger charge is -2.12. The summed E-state index contributed by atoms with van der Waals surface area (Å²) in [5.74, 6) is 1.28. The van der Waals surface area contributed by atoms with E-state index in [2.05, 4.69) is 26.0 Å². The number of methoxy groups -OCH3 is 1. The normalized spacial score (nSPS) is 11.4. The van der Waals surface area contributed by atoms with Crippen molar-refractivity contribution in [2.75, 3.05) is 7.11 Å². The molecule has 3 aromatic heterocycles. The van der Waals surface area contributed by atoms with E-state index < -0.39 is 10.5 Å². The Hall–Kier alpha value is -5.36. The molecule has 3 aromatic carbocycles. The van der Waals surface area contributed by atoms with Crippen LogP contribution in [0, 0.1) is 10.1 Å². The number of ether oxygens (including phenoxy) is 2. The van der Waals surface area contributed by atoms with Gasteiger partial charge in [0, 0.05) is 27.6 Å². The van der Waals surface area contributed by atoms with Crippen LogP contribution >= 0.6 is 15.9 Å². The molecule has 11 nitrogen and oxygen atoms in total. The highest BCUT2D eigenvalue weighted by Crippen LogP contribution is 2.34. The number of furan rings is 1. The van der Waals surface area contributed by atoms with Crippen LogP contribution in [0.15, 0.2) is 104 Å². The van der Waals surface area contributed by atoms with E-state index in [0.29, 0.717) is 33.6 Å². The third-order valence-electron chi connectivity index (χ3n) is 6.13. The Morgan fingerprint density at radius 1 is 1.07 bits per heavy atom. The molecule has 0 radical (unpaired) electrons. The zero-order valence-electron chi connectivity index (χ0n) is 21.2. The molecule has 202 valence electrons. The summed E-state index contributed by atoms with van der Waals surface area (Å²) in [6.07, 6.45) is 2.53. The van der Waals surface area contributed by atoms with Crippen LogP contribution in [0.2, 0.25) is 0 Å². The number of pyridine rings is 1. The molecule has 0 aliphatic carbocycles. The first-order chi connectivity index (χ1) is 19.9. The fourth-order valence-corrected chi connectivity index (χ4v) is 4.56. The molecule has 0 unspecified atom stereocenters. The second-order valence-corrected chi connectivity index (χ2v) is 9.61. The Morgan fingerprint density at radius 3 is 2.71 bits per heavy atom.